The van der Waals surface area contributed by atoms with Gasteiger partial charge in [0.25, 0.3) is 0 Å². The third kappa shape index (κ3) is 5.38. The molecule has 2 heterocycles. The molecule has 5 rings (SSSR count). The normalized spacial score (nSPS) is 24.7. The number of aliphatic carboxylic acids is 1. The minimum absolute atomic E-state index is 0. The predicted molar refractivity (Wildman–Crippen MR) is 132 cm³/mol. The Balaban J connectivity index is 0.00000336. The fourth-order valence-electron chi connectivity index (χ4n) is 5.38. The van der Waals surface area contributed by atoms with Gasteiger partial charge in [0, 0.05) is 0 Å². The number of hydrogen-bond acceptors (Lipinski definition) is 7. The molecule has 0 aromatic heterocycles. The van der Waals surface area contributed by atoms with Gasteiger partial charge in [-0.25, -0.2) is 0 Å². The van der Waals surface area contributed by atoms with Crippen LogP contribution in [0.2, 0.25) is 0 Å². The van der Waals surface area contributed by atoms with Crippen molar-refractivity contribution < 1.29 is 63.2 Å². The van der Waals surface area contributed by atoms with Crippen molar-refractivity contribution in [2.75, 3.05) is 6.61 Å². The van der Waals surface area contributed by atoms with E-state index in [4.69, 9.17) is 18.9 Å². The Labute approximate surface area is 244 Å². The number of carboxylic acid groups (broad SMARTS) is 1. The fraction of sp³-hybridized carbons (Fsp3) is 0.333. The van der Waals surface area contributed by atoms with Crippen LogP contribution >= 0.6 is 0 Å². The van der Waals surface area contributed by atoms with Crippen LogP contribution in [0.15, 0.2) is 91.0 Å². The van der Waals surface area contributed by atoms with Gasteiger partial charge in [-0.15, -0.1) is 0 Å². The summed E-state index contributed by atoms with van der Waals surface area (Å²) in [7, 11) is 0. The van der Waals surface area contributed by atoms with Crippen LogP contribution in [-0.4, -0.2) is 49.1 Å². The average molecular weight is 525 g/mol. The van der Waals surface area contributed by atoms with Crippen molar-refractivity contribution in [3.63, 3.8) is 0 Å². The van der Waals surface area contributed by atoms with E-state index in [1.807, 2.05) is 91.0 Å². The Morgan fingerprint density at radius 3 is 1.76 bits per heavy atom. The van der Waals surface area contributed by atoms with E-state index in [0.717, 1.165) is 16.7 Å². The monoisotopic (exact) mass is 524 g/mol. The zero-order chi connectivity index (χ0) is 26.0. The first-order valence-corrected chi connectivity index (χ1v) is 12.3. The summed E-state index contributed by atoms with van der Waals surface area (Å²) in [6.07, 6.45) is -2.79. The van der Waals surface area contributed by atoms with Gasteiger partial charge in [-0.05, 0) is 30.5 Å². The quantitative estimate of drug-likeness (QED) is 0.166. The molecule has 5 atom stereocenters. The summed E-state index contributed by atoms with van der Waals surface area (Å²) >= 11 is 0. The molecule has 192 valence electrons. The fourth-order valence-corrected chi connectivity index (χ4v) is 5.38. The van der Waals surface area contributed by atoms with E-state index in [0.29, 0.717) is 6.29 Å². The molecule has 0 spiro atoms. The molecule has 0 bridgehead atoms. The molecular weight excluding hydrogens is 495 g/mol. The van der Waals surface area contributed by atoms with E-state index < -0.39 is 47.7 Å². The third-order valence-corrected chi connectivity index (χ3v) is 6.96. The van der Waals surface area contributed by atoms with Crippen molar-refractivity contribution in [1.82, 2.24) is 0 Å². The van der Waals surface area contributed by atoms with Gasteiger partial charge in [-0.2, -0.15) is 0 Å². The molecule has 8 heteroatoms. The molecule has 0 radical (unpaired) electrons. The van der Waals surface area contributed by atoms with Crippen molar-refractivity contribution >= 4 is 12.3 Å². The van der Waals surface area contributed by atoms with Gasteiger partial charge in [0.2, 0.25) is 0 Å². The summed E-state index contributed by atoms with van der Waals surface area (Å²) in [5, 5.41) is 11.7. The first-order chi connectivity index (χ1) is 17.9. The second-order valence-corrected chi connectivity index (χ2v) is 9.78. The Morgan fingerprint density at radius 1 is 0.895 bits per heavy atom. The van der Waals surface area contributed by atoms with Gasteiger partial charge in [0.05, 0.1) is 18.5 Å². The van der Waals surface area contributed by atoms with E-state index in [-0.39, 0.29) is 36.2 Å². The van der Waals surface area contributed by atoms with Crippen LogP contribution in [0.25, 0.3) is 0 Å². The van der Waals surface area contributed by atoms with Crippen LogP contribution in [0, 0.1) is 5.92 Å². The first-order valence-electron chi connectivity index (χ1n) is 12.3. The third-order valence-electron chi connectivity index (χ3n) is 6.96. The number of hydrogen-bond donors (Lipinski definition) is 0. The molecule has 0 amide bonds. The molecule has 0 saturated carbocycles. The zero-order valence-electron chi connectivity index (χ0n) is 21.7. The van der Waals surface area contributed by atoms with E-state index >= 15 is 0 Å². The number of carboxylic acids is 1. The van der Waals surface area contributed by atoms with Crippen molar-refractivity contribution in [2.45, 2.75) is 49.7 Å². The summed E-state index contributed by atoms with van der Waals surface area (Å²) in [4.78, 5) is 23.3. The molecule has 2 unspecified atom stereocenters. The minimum Gasteiger partial charge on any atom is -0.549 e. The zero-order valence-corrected chi connectivity index (χ0v) is 23.7. The SMILES string of the molecule is CC1(C)O[C@@H]2[C@@H](COC(c3ccccc3)(c3ccccc3)c3ccccc3)OC(C(C=O)C(=O)[O-])[C@@H]2O1.[Na+]. The molecule has 2 fully saturated rings. The maximum absolute atomic E-state index is 11.7. The number of carbonyl (C=O) groups excluding carboxylic acids is 2. The van der Waals surface area contributed by atoms with Gasteiger partial charge in [-0.3, -0.25) is 0 Å². The molecule has 3 aromatic carbocycles. The summed E-state index contributed by atoms with van der Waals surface area (Å²) < 4.78 is 25.1. The Bertz CT molecular complexity index is 1120. The van der Waals surface area contributed by atoms with Crippen LogP contribution in [0.4, 0.5) is 0 Å². The minimum atomic E-state index is -1.51. The first kappa shape index (κ1) is 28.6. The number of rotatable bonds is 9. The van der Waals surface area contributed by atoms with E-state index in [1.54, 1.807) is 13.8 Å². The summed E-state index contributed by atoms with van der Waals surface area (Å²) in [6.45, 7) is 3.54. The Morgan fingerprint density at radius 2 is 1.34 bits per heavy atom. The molecule has 2 aliphatic rings. The van der Waals surface area contributed by atoms with Gasteiger partial charge < -0.3 is 33.6 Å². The summed E-state index contributed by atoms with van der Waals surface area (Å²) in [6, 6.07) is 29.7. The van der Waals surface area contributed by atoms with Crippen molar-refractivity contribution in [1.29, 1.82) is 0 Å². The van der Waals surface area contributed by atoms with Crippen LogP contribution < -0.4 is 34.7 Å². The Hall–Kier alpha value is -2.36. The number of fused-ring (bicyclic) bond motifs is 1. The second-order valence-electron chi connectivity index (χ2n) is 9.78. The van der Waals surface area contributed by atoms with E-state index in [1.165, 1.54) is 0 Å². The van der Waals surface area contributed by atoms with E-state index in [2.05, 4.69) is 0 Å². The number of aldehydes is 1. The number of carbonyl (C=O) groups is 2. The summed E-state index contributed by atoms with van der Waals surface area (Å²) in [5.74, 6) is -3.97. The topological polar surface area (TPSA) is 94.1 Å². The van der Waals surface area contributed by atoms with Crippen LogP contribution in [-0.2, 0) is 34.1 Å². The summed E-state index contributed by atoms with van der Waals surface area (Å²) in [5.41, 5.74) is 1.77. The van der Waals surface area contributed by atoms with Crippen molar-refractivity contribution in [2.24, 2.45) is 5.92 Å². The second kappa shape index (κ2) is 11.8. The standard InChI is InChI=1S/C30H30O7.Na/c1-29(2)36-26-24(35-25(27(26)37-29)23(18-31)28(32)33)19-34-30(20-12-6-3-7-13-20,21-14-8-4-9-15-21)22-16-10-5-11-17-22;/h3-18,23-27H,19H2,1-2H3,(H,32,33);/q;+1/p-1/t23?,24-,25?,26-,27+;/m1./s1. The molecule has 0 N–H and O–H groups in total. The average Bonchev–Trinajstić information content (AvgIpc) is 3.40. The van der Waals surface area contributed by atoms with Crippen molar-refractivity contribution in [3.8, 4) is 0 Å². The van der Waals surface area contributed by atoms with Crippen molar-refractivity contribution in [3.05, 3.63) is 108 Å². The number of ether oxygens (including phenoxy) is 4. The maximum atomic E-state index is 11.7. The van der Waals surface area contributed by atoms with Gasteiger partial charge in [-0.1, -0.05) is 91.0 Å². The molecule has 2 saturated heterocycles. The van der Waals surface area contributed by atoms with Gasteiger partial charge in [0.1, 0.15) is 36.3 Å². The molecule has 3 aromatic rings. The molecule has 0 aliphatic carbocycles. The van der Waals surface area contributed by atoms with Crippen LogP contribution in [0.1, 0.15) is 30.5 Å². The Kier molecular flexibility index (Phi) is 8.89. The molecule has 38 heavy (non-hydrogen) atoms. The molecule has 2 aliphatic heterocycles. The van der Waals surface area contributed by atoms with Gasteiger partial charge >= 0.3 is 29.6 Å². The van der Waals surface area contributed by atoms with Crippen LogP contribution in [0.3, 0.4) is 0 Å². The number of benzene rings is 3. The van der Waals surface area contributed by atoms with E-state index in [9.17, 15) is 14.7 Å². The maximum Gasteiger partial charge on any atom is 1.00 e. The van der Waals surface area contributed by atoms with Crippen LogP contribution in [0.5, 0.6) is 0 Å². The predicted octanol–water partition coefficient (Wildman–Crippen LogP) is -0.148. The molecule has 7 nitrogen and oxygen atoms in total. The largest absolute Gasteiger partial charge is 1.00 e. The molecular formula is C30H29NaO7. The van der Waals surface area contributed by atoms with Gasteiger partial charge in [0.15, 0.2) is 5.79 Å². The smallest absolute Gasteiger partial charge is 0.549 e.